The van der Waals surface area contributed by atoms with Gasteiger partial charge in [-0.1, -0.05) is 42.5 Å². The van der Waals surface area contributed by atoms with Crippen LogP contribution in [0.2, 0.25) is 0 Å². The van der Waals surface area contributed by atoms with Gasteiger partial charge in [-0.2, -0.15) is 12.8 Å². The van der Waals surface area contributed by atoms with Crippen LogP contribution in [0, 0.1) is 0 Å². The molecule has 2 aromatic rings. The van der Waals surface area contributed by atoms with Gasteiger partial charge in [0, 0.05) is 22.8 Å². The number of methoxy groups -OCH3 is 1. The number of dihydropyridines is 1. The Hall–Kier alpha value is -4.24. The van der Waals surface area contributed by atoms with Gasteiger partial charge in [0.1, 0.15) is 11.5 Å². The van der Waals surface area contributed by atoms with Gasteiger partial charge < -0.3 is 4.74 Å². The van der Waals surface area contributed by atoms with Crippen molar-refractivity contribution < 1.29 is 27.5 Å². The number of ketones is 2. The van der Waals surface area contributed by atoms with E-state index >= 15 is 0 Å². The van der Waals surface area contributed by atoms with Crippen LogP contribution < -0.4 is 0 Å². The first kappa shape index (κ1) is 21.6. The van der Waals surface area contributed by atoms with Crippen LogP contribution in [0.5, 0.6) is 0 Å². The van der Waals surface area contributed by atoms with Gasteiger partial charge in [-0.25, -0.2) is 4.99 Å². The standard InChI is InChI=1S/C25H16N2O6S/c1-13(28)19-20-15-10-6-7-11-16(15)24(29)21-17(27-34(31,32)14-8-4-3-5-9-14)12-18(33-2)23(22(20)21)26-25(19)30/h3-12H,1-2H3/b27-17+. The van der Waals surface area contributed by atoms with Crippen molar-refractivity contribution in [2.75, 3.05) is 7.11 Å². The van der Waals surface area contributed by atoms with E-state index in [0.29, 0.717) is 5.56 Å². The molecular formula is C25H16N2O6S. The molecule has 1 aliphatic heterocycles. The lowest BCUT2D eigenvalue weighted by Gasteiger charge is -2.32. The second-order valence-electron chi connectivity index (χ2n) is 7.67. The molecule has 0 unspecified atom stereocenters. The van der Waals surface area contributed by atoms with Gasteiger partial charge in [-0.15, -0.1) is 0 Å². The van der Waals surface area contributed by atoms with Crippen molar-refractivity contribution in [3.8, 4) is 0 Å². The fourth-order valence-electron chi connectivity index (χ4n) is 4.24. The molecule has 9 heteroatoms. The summed E-state index contributed by atoms with van der Waals surface area (Å²) in [4.78, 5) is 42.9. The second-order valence-corrected chi connectivity index (χ2v) is 9.28. The molecule has 0 fully saturated rings. The fraction of sp³-hybridized carbons (Fsp3) is 0.0800. The number of nitrogens with zero attached hydrogens (tertiary/aromatic N) is 2. The number of aliphatic imine (C=N–C) groups is 1. The van der Waals surface area contributed by atoms with E-state index in [1.807, 2.05) is 0 Å². The van der Waals surface area contributed by atoms with Crippen molar-refractivity contribution >= 4 is 44.5 Å². The Balaban J connectivity index is 1.88. The van der Waals surface area contributed by atoms with E-state index < -0.39 is 27.5 Å². The minimum atomic E-state index is -4.20. The Morgan fingerprint density at radius 2 is 1.56 bits per heavy atom. The number of carbonyl (C=O) groups excluding carboxylic acids is 3. The number of Topliss-reactive ketones (excluding diaryl/α,β-unsaturated/α-hetero) is 2. The van der Waals surface area contributed by atoms with Crippen LogP contribution in [0.15, 0.2) is 97.4 Å². The molecule has 2 aromatic carbocycles. The molecule has 168 valence electrons. The maximum absolute atomic E-state index is 13.6. The summed E-state index contributed by atoms with van der Waals surface area (Å²) in [7, 11) is -2.87. The zero-order valence-electron chi connectivity index (χ0n) is 18.0. The predicted molar refractivity (Wildman–Crippen MR) is 124 cm³/mol. The molecular weight excluding hydrogens is 456 g/mol. The molecule has 0 radical (unpaired) electrons. The molecule has 0 saturated heterocycles. The normalized spacial score (nSPS) is 18.4. The first-order valence-electron chi connectivity index (χ1n) is 10.2. The number of rotatable bonds is 4. The molecule has 1 heterocycles. The van der Waals surface area contributed by atoms with Gasteiger partial charge in [0.2, 0.25) is 0 Å². The molecule has 0 spiro atoms. The van der Waals surface area contributed by atoms with Crippen LogP contribution in [0.4, 0.5) is 0 Å². The number of sulfonamides is 1. The molecule has 1 amide bonds. The number of fused-ring (bicyclic) bond motifs is 2. The van der Waals surface area contributed by atoms with E-state index in [4.69, 9.17) is 4.74 Å². The van der Waals surface area contributed by atoms with Crippen LogP contribution in [0.3, 0.4) is 0 Å². The van der Waals surface area contributed by atoms with Crippen LogP contribution in [0.1, 0.15) is 22.8 Å². The second kappa shape index (κ2) is 7.67. The largest absolute Gasteiger partial charge is 0.494 e. The van der Waals surface area contributed by atoms with E-state index in [2.05, 4.69) is 9.39 Å². The summed E-state index contributed by atoms with van der Waals surface area (Å²) in [6, 6.07) is 14.1. The zero-order chi connectivity index (χ0) is 24.2. The Labute approximate surface area is 194 Å². The lowest BCUT2D eigenvalue weighted by atomic mass is 9.72. The Bertz CT molecular complexity index is 1590. The molecule has 0 aromatic heterocycles. The van der Waals surface area contributed by atoms with Gasteiger partial charge >= 0.3 is 0 Å². The minimum absolute atomic E-state index is 0.0531. The first-order chi connectivity index (χ1) is 16.2. The Kier molecular flexibility index (Phi) is 4.87. The van der Waals surface area contributed by atoms with Crippen LogP contribution >= 0.6 is 0 Å². The monoisotopic (exact) mass is 472 g/mol. The van der Waals surface area contributed by atoms with Gasteiger partial charge in [-0.05, 0) is 24.6 Å². The SMILES string of the molecule is COC1=C/C(=N\S(=O)(=O)c2ccccc2)C2=C3C1=NC(=O)C(C(C)=O)=C3c1ccccc1C2=O. The van der Waals surface area contributed by atoms with Crippen molar-refractivity contribution in [2.24, 2.45) is 9.39 Å². The summed E-state index contributed by atoms with van der Waals surface area (Å²) in [6.07, 6.45) is 1.27. The highest BCUT2D eigenvalue weighted by molar-refractivity contribution is 7.90. The van der Waals surface area contributed by atoms with Crippen LogP contribution in [-0.2, 0) is 24.3 Å². The van der Waals surface area contributed by atoms with Crippen molar-refractivity contribution in [2.45, 2.75) is 11.8 Å². The molecule has 5 rings (SSSR count). The average molecular weight is 472 g/mol. The number of ether oxygens (including phenoxy) is 1. The molecule has 0 N–H and O–H groups in total. The first-order valence-corrected chi connectivity index (χ1v) is 11.6. The third-order valence-electron chi connectivity index (χ3n) is 5.67. The van der Waals surface area contributed by atoms with E-state index in [0.717, 1.165) is 0 Å². The highest BCUT2D eigenvalue weighted by Crippen LogP contribution is 2.44. The summed E-state index contributed by atoms with van der Waals surface area (Å²) in [6.45, 7) is 1.24. The summed E-state index contributed by atoms with van der Waals surface area (Å²) in [5.41, 5.74) is 0.654. The number of hydrogen-bond donors (Lipinski definition) is 0. The van der Waals surface area contributed by atoms with Gasteiger partial charge in [0.05, 0.1) is 28.9 Å². The number of hydrogen-bond acceptors (Lipinski definition) is 6. The van der Waals surface area contributed by atoms with Gasteiger partial charge in [-0.3, -0.25) is 14.4 Å². The highest BCUT2D eigenvalue weighted by Gasteiger charge is 2.44. The average Bonchev–Trinajstić information content (AvgIpc) is 2.82. The Morgan fingerprint density at radius 1 is 0.912 bits per heavy atom. The fourth-order valence-corrected chi connectivity index (χ4v) is 5.25. The Morgan fingerprint density at radius 3 is 2.21 bits per heavy atom. The molecule has 0 saturated carbocycles. The summed E-state index contributed by atoms with van der Waals surface area (Å²) in [5, 5.41) is 0. The zero-order valence-corrected chi connectivity index (χ0v) is 18.8. The number of carbonyl (C=O) groups is 3. The van der Waals surface area contributed by atoms with Crippen molar-refractivity contribution in [1.29, 1.82) is 0 Å². The topological polar surface area (TPSA) is 119 Å². The third-order valence-corrected chi connectivity index (χ3v) is 6.98. The third kappa shape index (κ3) is 3.12. The quantitative estimate of drug-likeness (QED) is 0.499. The van der Waals surface area contributed by atoms with E-state index in [9.17, 15) is 22.8 Å². The number of amides is 1. The maximum atomic E-state index is 13.6. The molecule has 0 atom stereocenters. The van der Waals surface area contributed by atoms with Crippen molar-refractivity contribution in [3.05, 3.63) is 94.3 Å². The highest BCUT2D eigenvalue weighted by atomic mass is 32.2. The van der Waals surface area contributed by atoms with E-state index in [1.165, 1.54) is 32.2 Å². The number of allylic oxidation sites excluding steroid dienone is 4. The summed E-state index contributed by atoms with van der Waals surface area (Å²) < 4.78 is 35.5. The van der Waals surface area contributed by atoms with Crippen LogP contribution in [-0.4, -0.2) is 44.4 Å². The van der Waals surface area contributed by atoms with Crippen LogP contribution in [0.25, 0.3) is 5.57 Å². The summed E-state index contributed by atoms with van der Waals surface area (Å²) in [5.74, 6) is -1.72. The smallest absolute Gasteiger partial charge is 0.282 e. The van der Waals surface area contributed by atoms with Crippen molar-refractivity contribution in [1.82, 2.24) is 0 Å². The lowest BCUT2D eigenvalue weighted by Crippen LogP contribution is -2.34. The van der Waals surface area contributed by atoms with E-state index in [1.54, 1.807) is 42.5 Å². The van der Waals surface area contributed by atoms with Crippen molar-refractivity contribution in [3.63, 3.8) is 0 Å². The van der Waals surface area contributed by atoms with Gasteiger partial charge in [0.15, 0.2) is 11.6 Å². The lowest BCUT2D eigenvalue weighted by molar-refractivity contribution is -0.119. The van der Waals surface area contributed by atoms with E-state index in [-0.39, 0.29) is 49.9 Å². The predicted octanol–water partition coefficient (Wildman–Crippen LogP) is 2.88. The maximum Gasteiger partial charge on any atom is 0.282 e. The number of benzene rings is 2. The minimum Gasteiger partial charge on any atom is -0.494 e. The summed E-state index contributed by atoms with van der Waals surface area (Å²) >= 11 is 0. The molecule has 34 heavy (non-hydrogen) atoms. The molecule has 2 aliphatic carbocycles. The van der Waals surface area contributed by atoms with Gasteiger partial charge in [0.25, 0.3) is 15.9 Å². The molecule has 8 nitrogen and oxygen atoms in total. The molecule has 0 bridgehead atoms. The molecule has 3 aliphatic rings.